The van der Waals surface area contributed by atoms with Crippen LogP contribution in [0.4, 0.5) is 5.69 Å². The first kappa shape index (κ1) is 13.5. The summed E-state index contributed by atoms with van der Waals surface area (Å²) >= 11 is 0. The first-order valence-electron chi connectivity index (χ1n) is 6.23. The lowest BCUT2D eigenvalue weighted by Gasteiger charge is -2.37. The van der Waals surface area contributed by atoms with Crippen molar-refractivity contribution in [3.05, 3.63) is 39.9 Å². The van der Waals surface area contributed by atoms with E-state index in [2.05, 4.69) is 11.8 Å². The normalized spacial score (nSPS) is 20.3. The molecule has 1 heterocycles. The Morgan fingerprint density at radius 2 is 1.95 bits per heavy atom. The minimum Gasteiger partial charge on any atom is -0.336 e. The van der Waals surface area contributed by atoms with Gasteiger partial charge in [-0.2, -0.15) is 0 Å². The van der Waals surface area contributed by atoms with Gasteiger partial charge in [-0.1, -0.05) is 0 Å². The summed E-state index contributed by atoms with van der Waals surface area (Å²) in [6, 6.07) is 6.10. The molecule has 1 amide bonds. The maximum Gasteiger partial charge on any atom is 0.269 e. The number of carbonyl (C=O) groups excluding carboxylic acids is 1. The van der Waals surface area contributed by atoms with E-state index < -0.39 is 4.92 Å². The molecule has 0 bridgehead atoms. The van der Waals surface area contributed by atoms with Crippen LogP contribution < -0.4 is 0 Å². The highest BCUT2D eigenvalue weighted by atomic mass is 16.6. The Morgan fingerprint density at radius 1 is 1.32 bits per heavy atom. The van der Waals surface area contributed by atoms with Crippen LogP contribution in [0.2, 0.25) is 0 Å². The average Bonchev–Trinajstić information content (AvgIpc) is 2.41. The van der Waals surface area contributed by atoms with E-state index in [4.69, 9.17) is 0 Å². The zero-order chi connectivity index (χ0) is 14.0. The molecule has 1 aromatic carbocycles. The molecule has 0 N–H and O–H groups in total. The van der Waals surface area contributed by atoms with Gasteiger partial charge in [0.05, 0.1) is 4.92 Å². The van der Waals surface area contributed by atoms with Gasteiger partial charge in [-0.3, -0.25) is 14.9 Å². The van der Waals surface area contributed by atoms with Crippen molar-refractivity contribution >= 4 is 11.6 Å². The number of nitro benzene ring substituents is 1. The summed E-state index contributed by atoms with van der Waals surface area (Å²) in [5.74, 6) is -0.0603. The molecule has 1 aliphatic rings. The minimum absolute atomic E-state index is 0.00305. The quantitative estimate of drug-likeness (QED) is 0.597. The maximum absolute atomic E-state index is 12.3. The Bertz CT molecular complexity index is 486. The fraction of sp³-hybridized carbons (Fsp3) is 0.462. The van der Waals surface area contributed by atoms with Crippen LogP contribution in [0.15, 0.2) is 24.3 Å². The van der Waals surface area contributed by atoms with Gasteiger partial charge < -0.3 is 9.80 Å². The number of likely N-dealkylation sites (N-methyl/N-ethyl adjacent to an activating group) is 1. The molecule has 1 atom stereocenters. The molecule has 19 heavy (non-hydrogen) atoms. The van der Waals surface area contributed by atoms with Crippen LogP contribution >= 0.6 is 0 Å². The molecule has 0 spiro atoms. The lowest BCUT2D eigenvalue weighted by molar-refractivity contribution is -0.384. The van der Waals surface area contributed by atoms with E-state index in [-0.39, 0.29) is 11.6 Å². The van der Waals surface area contributed by atoms with Gasteiger partial charge in [-0.05, 0) is 26.1 Å². The van der Waals surface area contributed by atoms with Crippen LogP contribution in [-0.4, -0.2) is 53.4 Å². The molecule has 1 saturated heterocycles. The van der Waals surface area contributed by atoms with Gasteiger partial charge in [-0.15, -0.1) is 0 Å². The van der Waals surface area contributed by atoms with Crippen LogP contribution in [0, 0.1) is 10.1 Å². The Morgan fingerprint density at radius 3 is 2.47 bits per heavy atom. The molecule has 0 aliphatic carbocycles. The number of amides is 1. The average molecular weight is 263 g/mol. The molecule has 0 aromatic heterocycles. The number of benzene rings is 1. The Labute approximate surface area is 111 Å². The highest BCUT2D eigenvalue weighted by molar-refractivity contribution is 5.94. The lowest BCUT2D eigenvalue weighted by atomic mass is 10.1. The number of hydrogen-bond donors (Lipinski definition) is 0. The standard InChI is InChI=1S/C13H17N3O3/c1-10-9-15(8-7-14(10)2)13(17)11-3-5-12(6-4-11)16(18)19/h3-6,10H,7-9H2,1-2H3/t10-/m1/s1. The second-order valence-corrected chi connectivity index (χ2v) is 4.88. The molecule has 1 aliphatic heterocycles. The van der Waals surface area contributed by atoms with E-state index in [1.165, 1.54) is 24.3 Å². The second kappa shape index (κ2) is 5.36. The number of rotatable bonds is 2. The first-order chi connectivity index (χ1) is 8.99. The third-order valence-electron chi connectivity index (χ3n) is 3.57. The van der Waals surface area contributed by atoms with Gasteiger partial charge in [0.2, 0.25) is 0 Å². The SMILES string of the molecule is C[C@@H]1CN(C(=O)c2ccc([N+](=O)[O-])cc2)CCN1C. The van der Waals surface area contributed by atoms with Crippen molar-refractivity contribution in [2.45, 2.75) is 13.0 Å². The summed E-state index contributed by atoms with van der Waals surface area (Å²) in [5, 5.41) is 10.6. The third-order valence-corrected chi connectivity index (χ3v) is 3.57. The molecule has 2 rings (SSSR count). The van der Waals surface area contributed by atoms with Gasteiger partial charge in [0.15, 0.2) is 0 Å². The predicted octanol–water partition coefficient (Wildman–Crippen LogP) is 1.37. The minimum atomic E-state index is -0.466. The Balaban J connectivity index is 2.09. The Hall–Kier alpha value is -1.95. The highest BCUT2D eigenvalue weighted by Gasteiger charge is 2.25. The summed E-state index contributed by atoms with van der Waals surface area (Å²) in [7, 11) is 2.04. The second-order valence-electron chi connectivity index (χ2n) is 4.88. The van der Waals surface area contributed by atoms with E-state index >= 15 is 0 Å². The summed E-state index contributed by atoms with van der Waals surface area (Å²) in [5.41, 5.74) is 0.505. The zero-order valence-corrected chi connectivity index (χ0v) is 11.1. The predicted molar refractivity (Wildman–Crippen MR) is 71.1 cm³/mol. The molecule has 1 fully saturated rings. The van der Waals surface area contributed by atoms with Crippen LogP contribution in [0.1, 0.15) is 17.3 Å². The number of carbonyl (C=O) groups is 1. The van der Waals surface area contributed by atoms with Gasteiger partial charge in [0.1, 0.15) is 0 Å². The fourth-order valence-corrected chi connectivity index (χ4v) is 2.14. The number of nitrogens with zero attached hydrogens (tertiary/aromatic N) is 3. The smallest absolute Gasteiger partial charge is 0.269 e. The van der Waals surface area contributed by atoms with Gasteiger partial charge in [0, 0.05) is 43.4 Å². The molecule has 0 unspecified atom stereocenters. The zero-order valence-electron chi connectivity index (χ0n) is 11.1. The van der Waals surface area contributed by atoms with Crippen LogP contribution in [0.3, 0.4) is 0 Å². The molecule has 6 nitrogen and oxygen atoms in total. The number of piperazine rings is 1. The number of hydrogen-bond acceptors (Lipinski definition) is 4. The number of nitro groups is 1. The van der Waals surface area contributed by atoms with E-state index in [9.17, 15) is 14.9 Å². The molecular formula is C13H17N3O3. The van der Waals surface area contributed by atoms with Crippen molar-refractivity contribution in [2.24, 2.45) is 0 Å². The van der Waals surface area contributed by atoms with Crippen molar-refractivity contribution in [2.75, 3.05) is 26.7 Å². The summed E-state index contributed by atoms with van der Waals surface area (Å²) < 4.78 is 0. The van der Waals surface area contributed by atoms with Gasteiger partial charge in [0.25, 0.3) is 11.6 Å². The topological polar surface area (TPSA) is 66.7 Å². The van der Waals surface area contributed by atoms with E-state index in [1.54, 1.807) is 4.90 Å². The van der Waals surface area contributed by atoms with E-state index in [1.807, 2.05) is 7.05 Å². The largest absolute Gasteiger partial charge is 0.336 e. The molecule has 6 heteroatoms. The van der Waals surface area contributed by atoms with Crippen molar-refractivity contribution in [1.82, 2.24) is 9.80 Å². The van der Waals surface area contributed by atoms with Crippen LogP contribution in [0.25, 0.3) is 0 Å². The van der Waals surface area contributed by atoms with Gasteiger partial charge >= 0.3 is 0 Å². The summed E-state index contributed by atoms with van der Waals surface area (Å²) in [6.07, 6.45) is 0. The number of non-ortho nitro benzene ring substituents is 1. The van der Waals surface area contributed by atoms with Crippen molar-refractivity contribution < 1.29 is 9.72 Å². The first-order valence-corrected chi connectivity index (χ1v) is 6.23. The third kappa shape index (κ3) is 2.90. The maximum atomic E-state index is 12.3. The monoisotopic (exact) mass is 263 g/mol. The molecular weight excluding hydrogens is 246 g/mol. The fourth-order valence-electron chi connectivity index (χ4n) is 2.14. The Kier molecular flexibility index (Phi) is 3.80. The summed E-state index contributed by atoms with van der Waals surface area (Å²) in [4.78, 5) is 26.4. The highest BCUT2D eigenvalue weighted by Crippen LogP contribution is 2.15. The molecule has 0 saturated carbocycles. The lowest BCUT2D eigenvalue weighted by Crippen LogP contribution is -2.52. The van der Waals surface area contributed by atoms with Crippen LogP contribution in [-0.2, 0) is 0 Å². The van der Waals surface area contributed by atoms with Crippen molar-refractivity contribution in [1.29, 1.82) is 0 Å². The molecule has 0 radical (unpaired) electrons. The van der Waals surface area contributed by atoms with E-state index in [0.717, 1.165) is 6.54 Å². The molecule has 102 valence electrons. The molecule has 1 aromatic rings. The van der Waals surface area contributed by atoms with Gasteiger partial charge in [-0.25, -0.2) is 0 Å². The van der Waals surface area contributed by atoms with Crippen LogP contribution in [0.5, 0.6) is 0 Å². The van der Waals surface area contributed by atoms with Crippen molar-refractivity contribution in [3.63, 3.8) is 0 Å². The summed E-state index contributed by atoms with van der Waals surface area (Å²) in [6.45, 7) is 4.30. The van der Waals surface area contributed by atoms with E-state index in [0.29, 0.717) is 24.7 Å². The van der Waals surface area contributed by atoms with Crippen molar-refractivity contribution in [3.8, 4) is 0 Å².